The van der Waals surface area contributed by atoms with Crippen LogP contribution in [0.4, 0.5) is 0 Å². The molecule has 1 aromatic heterocycles. The fraction of sp³-hybridized carbons (Fsp3) is 0.500. The van der Waals surface area contributed by atoms with Crippen LogP contribution in [0.2, 0.25) is 0 Å². The molecule has 2 aromatic rings. The van der Waals surface area contributed by atoms with Gasteiger partial charge in [-0.1, -0.05) is 26.0 Å². The molecule has 29 heavy (non-hydrogen) atoms. The number of aromatic nitrogens is 2. The lowest BCUT2D eigenvalue weighted by Crippen LogP contribution is -2.39. The van der Waals surface area contributed by atoms with E-state index in [2.05, 4.69) is 18.9 Å². The second-order valence-electron chi connectivity index (χ2n) is 7.50. The topological polar surface area (TPSA) is 84.7 Å². The lowest BCUT2D eigenvalue weighted by atomic mass is 10.0. The molecule has 0 spiro atoms. The van der Waals surface area contributed by atoms with Gasteiger partial charge in [-0.2, -0.15) is 9.40 Å². The zero-order valence-corrected chi connectivity index (χ0v) is 17.9. The Balaban J connectivity index is 1.55. The smallest absolute Gasteiger partial charge is 0.260 e. The van der Waals surface area contributed by atoms with Crippen molar-refractivity contribution >= 4 is 15.9 Å². The summed E-state index contributed by atoms with van der Waals surface area (Å²) in [7, 11) is -1.92. The fourth-order valence-electron chi connectivity index (χ4n) is 3.25. The van der Waals surface area contributed by atoms with Gasteiger partial charge in [0.15, 0.2) is 6.61 Å². The van der Waals surface area contributed by atoms with Gasteiger partial charge in [-0.3, -0.25) is 9.48 Å². The lowest BCUT2D eigenvalue weighted by molar-refractivity contribution is -0.133. The van der Waals surface area contributed by atoms with Crippen molar-refractivity contribution in [2.24, 2.45) is 7.05 Å². The molecule has 8 nitrogen and oxygen atoms in total. The standard InChI is InChI=1S/C20H28N4O4S/c1-16(2)17-5-7-18(8-6-17)28-15-20(25)23-9-4-10-24(12-11-23)29(26,27)19-13-21-22(3)14-19/h5-8,13-14,16H,4,9-12,15H2,1-3H3. The van der Waals surface area contributed by atoms with Crippen LogP contribution in [0.25, 0.3) is 0 Å². The summed E-state index contributed by atoms with van der Waals surface area (Å²) < 4.78 is 34.0. The van der Waals surface area contributed by atoms with Crippen LogP contribution in [0.15, 0.2) is 41.6 Å². The number of sulfonamides is 1. The highest BCUT2D eigenvalue weighted by Gasteiger charge is 2.29. The van der Waals surface area contributed by atoms with Gasteiger partial charge < -0.3 is 9.64 Å². The molecule has 0 atom stereocenters. The first kappa shape index (κ1) is 21.3. The maximum Gasteiger partial charge on any atom is 0.260 e. The van der Waals surface area contributed by atoms with Crippen LogP contribution in [0, 0.1) is 0 Å². The van der Waals surface area contributed by atoms with E-state index < -0.39 is 10.0 Å². The van der Waals surface area contributed by atoms with Crippen LogP contribution in [0.1, 0.15) is 31.7 Å². The summed E-state index contributed by atoms with van der Waals surface area (Å²) in [6.07, 6.45) is 3.41. The molecule has 1 aromatic carbocycles. The molecule has 1 aliphatic heterocycles. The summed E-state index contributed by atoms with van der Waals surface area (Å²) in [5.74, 6) is 0.950. The summed E-state index contributed by atoms with van der Waals surface area (Å²) in [6.45, 7) is 5.66. The maximum atomic E-state index is 12.8. The molecule has 0 saturated carbocycles. The van der Waals surface area contributed by atoms with E-state index in [0.717, 1.165) is 0 Å². The Kier molecular flexibility index (Phi) is 6.59. The second kappa shape index (κ2) is 8.96. The molecule has 1 fully saturated rings. The number of rotatable bonds is 6. The summed E-state index contributed by atoms with van der Waals surface area (Å²) in [6, 6.07) is 7.73. The Hall–Kier alpha value is -2.39. The highest BCUT2D eigenvalue weighted by atomic mass is 32.2. The predicted molar refractivity (Wildman–Crippen MR) is 109 cm³/mol. The summed E-state index contributed by atoms with van der Waals surface area (Å²) in [4.78, 5) is 14.4. The van der Waals surface area contributed by atoms with Crippen molar-refractivity contribution in [3.8, 4) is 5.75 Å². The van der Waals surface area contributed by atoms with Crippen molar-refractivity contribution in [2.45, 2.75) is 31.1 Å². The zero-order valence-electron chi connectivity index (χ0n) is 17.1. The van der Waals surface area contributed by atoms with Crippen LogP contribution < -0.4 is 4.74 Å². The normalized spacial score (nSPS) is 16.1. The van der Waals surface area contributed by atoms with Gasteiger partial charge in [0.05, 0.1) is 6.20 Å². The van der Waals surface area contributed by atoms with Gasteiger partial charge in [-0.05, 0) is 30.0 Å². The van der Waals surface area contributed by atoms with Crippen molar-refractivity contribution in [2.75, 3.05) is 32.8 Å². The minimum absolute atomic E-state index is 0.0591. The first-order valence-corrected chi connectivity index (χ1v) is 11.2. The van der Waals surface area contributed by atoms with Crippen LogP contribution in [-0.2, 0) is 21.9 Å². The number of amides is 1. The number of benzene rings is 1. The predicted octanol–water partition coefficient (Wildman–Crippen LogP) is 1.85. The molecule has 0 N–H and O–H groups in total. The average Bonchev–Trinajstić information content (AvgIpc) is 2.99. The molecular weight excluding hydrogens is 392 g/mol. The molecule has 158 valence electrons. The van der Waals surface area contributed by atoms with E-state index in [4.69, 9.17) is 4.74 Å². The Morgan fingerprint density at radius 2 is 1.86 bits per heavy atom. The molecular formula is C20H28N4O4S. The van der Waals surface area contributed by atoms with Gasteiger partial charge in [-0.25, -0.2) is 8.42 Å². The highest BCUT2D eigenvalue weighted by Crippen LogP contribution is 2.19. The fourth-order valence-corrected chi connectivity index (χ4v) is 4.71. The van der Waals surface area contributed by atoms with Crippen molar-refractivity contribution in [3.05, 3.63) is 42.2 Å². The summed E-state index contributed by atoms with van der Waals surface area (Å²) in [5, 5.41) is 3.94. The minimum Gasteiger partial charge on any atom is -0.484 e. The Morgan fingerprint density at radius 3 is 2.48 bits per heavy atom. The molecule has 0 unspecified atom stereocenters. The molecule has 2 heterocycles. The van der Waals surface area contributed by atoms with E-state index in [1.807, 2.05) is 24.3 Å². The third-order valence-electron chi connectivity index (χ3n) is 5.04. The monoisotopic (exact) mass is 420 g/mol. The molecule has 0 radical (unpaired) electrons. The van der Waals surface area contributed by atoms with Crippen molar-refractivity contribution in [1.29, 1.82) is 0 Å². The van der Waals surface area contributed by atoms with E-state index >= 15 is 0 Å². The van der Waals surface area contributed by atoms with Gasteiger partial charge in [0.25, 0.3) is 5.91 Å². The largest absolute Gasteiger partial charge is 0.484 e. The van der Waals surface area contributed by atoms with Gasteiger partial charge in [-0.15, -0.1) is 0 Å². The Labute approximate surface area is 172 Å². The number of aryl methyl sites for hydroxylation is 1. The van der Waals surface area contributed by atoms with Crippen LogP contribution in [0.5, 0.6) is 5.75 Å². The highest BCUT2D eigenvalue weighted by molar-refractivity contribution is 7.89. The van der Waals surface area contributed by atoms with E-state index in [0.29, 0.717) is 37.7 Å². The Bertz CT molecular complexity index is 938. The van der Waals surface area contributed by atoms with Crippen molar-refractivity contribution in [3.63, 3.8) is 0 Å². The van der Waals surface area contributed by atoms with Gasteiger partial charge in [0.1, 0.15) is 10.6 Å². The lowest BCUT2D eigenvalue weighted by Gasteiger charge is -2.21. The van der Waals surface area contributed by atoms with Crippen molar-refractivity contribution in [1.82, 2.24) is 19.0 Å². The van der Waals surface area contributed by atoms with E-state index in [9.17, 15) is 13.2 Å². The molecule has 1 amide bonds. The number of nitrogens with zero attached hydrogens (tertiary/aromatic N) is 4. The van der Waals surface area contributed by atoms with E-state index in [-0.39, 0.29) is 24.0 Å². The van der Waals surface area contributed by atoms with Gasteiger partial charge >= 0.3 is 0 Å². The second-order valence-corrected chi connectivity index (χ2v) is 9.44. The van der Waals surface area contributed by atoms with Gasteiger partial charge in [0, 0.05) is 39.4 Å². The van der Waals surface area contributed by atoms with Crippen LogP contribution in [-0.4, -0.2) is 66.1 Å². The van der Waals surface area contributed by atoms with Crippen molar-refractivity contribution < 1.29 is 17.9 Å². The van der Waals surface area contributed by atoms with E-state index in [1.165, 1.54) is 26.9 Å². The third kappa shape index (κ3) is 5.16. The maximum absolute atomic E-state index is 12.8. The number of ether oxygens (including phenoxy) is 1. The molecule has 1 aliphatic rings. The first-order valence-electron chi connectivity index (χ1n) is 9.76. The summed E-state index contributed by atoms with van der Waals surface area (Å²) in [5.41, 5.74) is 1.21. The minimum atomic E-state index is -3.60. The molecule has 3 rings (SSSR count). The number of carbonyl (C=O) groups excluding carboxylic acids is 1. The van der Waals surface area contributed by atoms with E-state index in [1.54, 1.807) is 11.9 Å². The molecule has 9 heteroatoms. The van der Waals surface area contributed by atoms with Crippen LogP contribution >= 0.6 is 0 Å². The SMILES string of the molecule is CC(C)c1ccc(OCC(=O)N2CCCN(S(=O)(=O)c3cnn(C)c3)CC2)cc1. The van der Waals surface area contributed by atoms with Crippen LogP contribution in [0.3, 0.4) is 0 Å². The Morgan fingerprint density at radius 1 is 1.14 bits per heavy atom. The molecule has 1 saturated heterocycles. The first-order chi connectivity index (χ1) is 13.8. The third-order valence-corrected chi connectivity index (χ3v) is 6.89. The quantitative estimate of drug-likeness (QED) is 0.712. The van der Waals surface area contributed by atoms with Gasteiger partial charge in [0.2, 0.25) is 10.0 Å². The summed E-state index contributed by atoms with van der Waals surface area (Å²) >= 11 is 0. The number of carbonyl (C=O) groups is 1. The number of hydrogen-bond acceptors (Lipinski definition) is 5. The zero-order chi connectivity index (χ0) is 21.0. The number of hydrogen-bond donors (Lipinski definition) is 0. The average molecular weight is 421 g/mol. The molecule has 0 aliphatic carbocycles. The molecule has 0 bridgehead atoms.